The summed E-state index contributed by atoms with van der Waals surface area (Å²) in [6.45, 7) is 2.79. The summed E-state index contributed by atoms with van der Waals surface area (Å²) in [4.78, 5) is 20.5. The molecule has 1 atom stereocenters. The van der Waals surface area contributed by atoms with E-state index in [1.165, 1.54) is 5.56 Å². The molecule has 24 heavy (non-hydrogen) atoms. The van der Waals surface area contributed by atoms with Gasteiger partial charge >= 0.3 is 5.97 Å². The van der Waals surface area contributed by atoms with Crippen LogP contribution in [0, 0.1) is 0 Å². The number of hydrogen-bond donors (Lipinski definition) is 1. The lowest BCUT2D eigenvalue weighted by molar-refractivity contribution is -0.138. The number of hydrogen-bond acceptors (Lipinski definition) is 6. The molecule has 1 unspecified atom stereocenters. The van der Waals surface area contributed by atoms with Crippen LogP contribution in [0.5, 0.6) is 0 Å². The van der Waals surface area contributed by atoms with Crippen molar-refractivity contribution in [2.24, 2.45) is 0 Å². The summed E-state index contributed by atoms with van der Waals surface area (Å²) in [5.74, 6) is -0.822. The molecule has 1 aromatic heterocycles. The summed E-state index contributed by atoms with van der Waals surface area (Å²) in [7, 11) is 1.80. The molecule has 7 heteroatoms. The molecule has 0 bridgehead atoms. The van der Waals surface area contributed by atoms with Crippen molar-refractivity contribution in [3.05, 3.63) is 36.5 Å². The van der Waals surface area contributed by atoms with E-state index in [-0.39, 0.29) is 12.6 Å². The van der Waals surface area contributed by atoms with Crippen molar-refractivity contribution in [2.75, 3.05) is 44.7 Å². The smallest absolute Gasteiger partial charge is 0.317 e. The minimum Gasteiger partial charge on any atom is -0.480 e. The van der Waals surface area contributed by atoms with E-state index in [1.54, 1.807) is 23.3 Å². The maximum absolute atomic E-state index is 10.8. The summed E-state index contributed by atoms with van der Waals surface area (Å²) < 4.78 is 5.77. The first-order valence-electron chi connectivity index (χ1n) is 7.90. The molecule has 0 saturated carbocycles. The molecule has 1 aromatic carbocycles. The van der Waals surface area contributed by atoms with Gasteiger partial charge in [0.25, 0.3) is 0 Å². The molecule has 1 aliphatic heterocycles. The molecule has 1 aliphatic rings. The summed E-state index contributed by atoms with van der Waals surface area (Å²) in [6.07, 6.45) is 1.91. The number of anilines is 1. The maximum Gasteiger partial charge on any atom is 0.317 e. The SMILES string of the molecule is CN(CC(=O)O)CC1CN(c2ncc(-c3ccccc3)s2)CCO1. The number of aromatic nitrogens is 1. The lowest BCUT2D eigenvalue weighted by Crippen LogP contribution is -2.47. The number of likely N-dealkylation sites (N-methyl/N-ethyl adjacent to an activating group) is 1. The van der Waals surface area contributed by atoms with Gasteiger partial charge in [-0.05, 0) is 12.6 Å². The Labute approximate surface area is 145 Å². The van der Waals surface area contributed by atoms with E-state index in [0.717, 1.165) is 23.1 Å². The highest BCUT2D eigenvalue weighted by atomic mass is 32.1. The Hall–Kier alpha value is -1.96. The highest BCUT2D eigenvalue weighted by Gasteiger charge is 2.24. The normalized spacial score (nSPS) is 18.1. The first kappa shape index (κ1) is 16.9. The largest absolute Gasteiger partial charge is 0.480 e. The van der Waals surface area contributed by atoms with E-state index >= 15 is 0 Å². The second kappa shape index (κ2) is 7.74. The second-order valence-electron chi connectivity index (χ2n) is 5.90. The third-order valence-corrected chi connectivity index (χ3v) is 4.99. The van der Waals surface area contributed by atoms with E-state index < -0.39 is 5.97 Å². The molecule has 2 aromatic rings. The number of aliphatic carboxylic acids is 1. The van der Waals surface area contributed by atoms with Gasteiger partial charge in [0.05, 0.1) is 24.1 Å². The van der Waals surface area contributed by atoms with Crippen molar-refractivity contribution in [3.8, 4) is 10.4 Å². The highest BCUT2D eigenvalue weighted by Crippen LogP contribution is 2.31. The summed E-state index contributed by atoms with van der Waals surface area (Å²) in [5, 5.41) is 9.84. The minimum atomic E-state index is -0.822. The van der Waals surface area contributed by atoms with Gasteiger partial charge in [-0.1, -0.05) is 41.7 Å². The first-order chi connectivity index (χ1) is 11.6. The van der Waals surface area contributed by atoms with E-state index in [1.807, 2.05) is 24.4 Å². The van der Waals surface area contributed by atoms with Crippen molar-refractivity contribution in [1.82, 2.24) is 9.88 Å². The van der Waals surface area contributed by atoms with Gasteiger partial charge in [-0.25, -0.2) is 4.98 Å². The molecule has 0 spiro atoms. The molecule has 1 saturated heterocycles. The van der Waals surface area contributed by atoms with Crippen LogP contribution in [0.15, 0.2) is 36.5 Å². The van der Waals surface area contributed by atoms with Crippen LogP contribution >= 0.6 is 11.3 Å². The lowest BCUT2D eigenvalue weighted by Gasteiger charge is -2.34. The molecule has 128 valence electrons. The molecule has 1 fully saturated rings. The number of morpholine rings is 1. The predicted octanol–water partition coefficient (Wildman–Crippen LogP) is 2.03. The van der Waals surface area contributed by atoms with E-state index in [0.29, 0.717) is 13.2 Å². The van der Waals surface area contributed by atoms with Crippen LogP contribution in [0.2, 0.25) is 0 Å². The van der Waals surface area contributed by atoms with Crippen LogP contribution < -0.4 is 4.90 Å². The summed E-state index contributed by atoms with van der Waals surface area (Å²) in [6, 6.07) is 10.2. The summed E-state index contributed by atoms with van der Waals surface area (Å²) in [5.41, 5.74) is 1.17. The zero-order valence-electron chi connectivity index (χ0n) is 13.6. The first-order valence-corrected chi connectivity index (χ1v) is 8.71. The van der Waals surface area contributed by atoms with Gasteiger partial charge in [0, 0.05) is 25.8 Å². The Morgan fingerprint density at radius 1 is 1.46 bits per heavy atom. The second-order valence-corrected chi connectivity index (χ2v) is 6.91. The van der Waals surface area contributed by atoms with E-state index in [4.69, 9.17) is 9.84 Å². The number of rotatable bonds is 6. The molecular formula is C17H21N3O3S. The van der Waals surface area contributed by atoms with Gasteiger partial charge < -0.3 is 14.7 Å². The zero-order valence-corrected chi connectivity index (χ0v) is 14.4. The fourth-order valence-electron chi connectivity index (χ4n) is 2.79. The number of carboxylic acids is 1. The Morgan fingerprint density at radius 3 is 3.00 bits per heavy atom. The molecule has 0 radical (unpaired) electrons. The highest BCUT2D eigenvalue weighted by molar-refractivity contribution is 7.18. The van der Waals surface area contributed by atoms with Crippen LogP contribution in [0.1, 0.15) is 0 Å². The fraction of sp³-hybridized carbons (Fsp3) is 0.412. The number of benzene rings is 1. The van der Waals surface area contributed by atoms with Crippen molar-refractivity contribution in [3.63, 3.8) is 0 Å². The molecule has 2 heterocycles. The third kappa shape index (κ3) is 4.31. The Morgan fingerprint density at radius 2 is 2.25 bits per heavy atom. The zero-order chi connectivity index (χ0) is 16.9. The van der Waals surface area contributed by atoms with Gasteiger partial charge in [0.2, 0.25) is 0 Å². The maximum atomic E-state index is 10.8. The van der Waals surface area contributed by atoms with Crippen LogP contribution in [-0.2, 0) is 9.53 Å². The van der Waals surface area contributed by atoms with Gasteiger partial charge in [-0.3, -0.25) is 9.69 Å². The third-order valence-electron chi connectivity index (χ3n) is 3.88. The van der Waals surface area contributed by atoms with Crippen LogP contribution in [0.25, 0.3) is 10.4 Å². The van der Waals surface area contributed by atoms with Crippen LogP contribution in [0.3, 0.4) is 0 Å². The minimum absolute atomic E-state index is 0.00725. The number of thiazole rings is 1. The quantitative estimate of drug-likeness (QED) is 0.863. The molecule has 0 amide bonds. The average Bonchev–Trinajstić information content (AvgIpc) is 3.05. The molecule has 3 rings (SSSR count). The fourth-order valence-corrected chi connectivity index (χ4v) is 3.75. The molecule has 0 aliphatic carbocycles. The monoisotopic (exact) mass is 347 g/mol. The molecule has 6 nitrogen and oxygen atoms in total. The van der Waals surface area contributed by atoms with E-state index in [9.17, 15) is 4.79 Å². The van der Waals surface area contributed by atoms with Gasteiger partial charge in [-0.2, -0.15) is 0 Å². The van der Waals surface area contributed by atoms with Gasteiger partial charge in [0.1, 0.15) is 0 Å². The van der Waals surface area contributed by atoms with E-state index in [2.05, 4.69) is 22.0 Å². The Balaban J connectivity index is 1.63. The molecule has 1 N–H and O–H groups in total. The standard InChI is InChI=1S/C17H21N3O3S/c1-19(12-16(21)22)10-14-11-20(7-8-23-14)17-18-9-15(24-17)13-5-3-2-4-6-13/h2-6,9,14H,7-8,10-12H2,1H3,(H,21,22). The lowest BCUT2D eigenvalue weighted by atomic mass is 10.2. The van der Waals surface area contributed by atoms with Gasteiger partial charge in [-0.15, -0.1) is 0 Å². The summed E-state index contributed by atoms with van der Waals surface area (Å²) >= 11 is 1.68. The Kier molecular flexibility index (Phi) is 5.44. The van der Waals surface area contributed by atoms with Crippen molar-refractivity contribution < 1.29 is 14.6 Å². The predicted molar refractivity (Wildman–Crippen MR) is 94.6 cm³/mol. The van der Waals surface area contributed by atoms with Crippen molar-refractivity contribution in [1.29, 1.82) is 0 Å². The molecular weight excluding hydrogens is 326 g/mol. The average molecular weight is 347 g/mol. The van der Waals surface area contributed by atoms with Gasteiger partial charge in [0.15, 0.2) is 5.13 Å². The van der Waals surface area contributed by atoms with Crippen molar-refractivity contribution in [2.45, 2.75) is 6.10 Å². The Bertz CT molecular complexity index is 677. The number of carboxylic acid groups (broad SMARTS) is 1. The van der Waals surface area contributed by atoms with Crippen molar-refractivity contribution >= 4 is 22.4 Å². The topological polar surface area (TPSA) is 65.9 Å². The number of nitrogens with zero attached hydrogens (tertiary/aromatic N) is 3. The number of carbonyl (C=O) groups is 1. The van der Waals surface area contributed by atoms with Crippen LogP contribution in [-0.4, -0.2) is 66.9 Å². The number of ether oxygens (including phenoxy) is 1. The van der Waals surface area contributed by atoms with Crippen LogP contribution in [0.4, 0.5) is 5.13 Å².